The van der Waals surface area contributed by atoms with Crippen LogP contribution in [0.15, 0.2) is 54.7 Å². The summed E-state index contributed by atoms with van der Waals surface area (Å²) in [5, 5.41) is 6.12. The summed E-state index contributed by atoms with van der Waals surface area (Å²) in [6.07, 6.45) is 2.22. The zero-order chi connectivity index (χ0) is 22.3. The minimum atomic E-state index is -0.177. The number of rotatable bonds is 8. The van der Waals surface area contributed by atoms with Gasteiger partial charge in [-0.3, -0.25) is 4.79 Å². The molecule has 0 fully saturated rings. The van der Waals surface area contributed by atoms with Gasteiger partial charge in [-0.25, -0.2) is 4.98 Å². The molecule has 0 bridgehead atoms. The van der Waals surface area contributed by atoms with Crippen molar-refractivity contribution in [3.8, 4) is 23.0 Å². The molecular formula is C24H25N3O5. The molecule has 4 rings (SSSR count). The molecule has 0 saturated carbocycles. The van der Waals surface area contributed by atoms with Crippen LogP contribution in [0.1, 0.15) is 15.9 Å². The normalized spacial score (nSPS) is 12.1. The number of aromatic nitrogens is 1. The Balaban J connectivity index is 1.30. The Bertz CT molecular complexity index is 1090. The second-order valence-corrected chi connectivity index (χ2v) is 7.11. The van der Waals surface area contributed by atoms with Gasteiger partial charge in [-0.15, -0.1) is 0 Å². The summed E-state index contributed by atoms with van der Waals surface area (Å²) in [4.78, 5) is 16.8. The van der Waals surface area contributed by atoms with Gasteiger partial charge in [-0.05, 0) is 48.4 Å². The highest BCUT2D eigenvalue weighted by Gasteiger charge is 2.12. The van der Waals surface area contributed by atoms with Crippen LogP contribution in [0.25, 0.3) is 0 Å². The van der Waals surface area contributed by atoms with Gasteiger partial charge in [-0.2, -0.15) is 0 Å². The van der Waals surface area contributed by atoms with E-state index in [0.717, 1.165) is 17.0 Å². The highest BCUT2D eigenvalue weighted by Crippen LogP contribution is 2.33. The minimum Gasteiger partial charge on any atom is -0.493 e. The second kappa shape index (κ2) is 9.91. The molecule has 0 spiro atoms. The van der Waals surface area contributed by atoms with E-state index in [9.17, 15) is 4.79 Å². The third-order valence-corrected chi connectivity index (χ3v) is 4.99. The number of carbonyl (C=O) groups is 1. The van der Waals surface area contributed by atoms with Gasteiger partial charge in [0.2, 0.25) is 0 Å². The number of amides is 1. The zero-order valence-corrected chi connectivity index (χ0v) is 18.0. The summed E-state index contributed by atoms with van der Waals surface area (Å²) in [6, 6.07) is 14.8. The standard InChI is InChI=1S/C24H25N3O5/c1-29-19-6-3-16(13-21(19)30-2)9-10-25-24(28)17-4-8-23(26-15-17)27-18-5-7-20-22(14-18)32-12-11-31-20/h3-8,13-15H,9-12H2,1-2H3,(H,25,28)(H,26,27). The van der Waals surface area contributed by atoms with E-state index in [1.807, 2.05) is 36.4 Å². The lowest BCUT2D eigenvalue weighted by molar-refractivity contribution is 0.0954. The van der Waals surface area contributed by atoms with Crippen molar-refractivity contribution in [2.75, 3.05) is 39.3 Å². The van der Waals surface area contributed by atoms with Gasteiger partial charge in [0, 0.05) is 24.5 Å². The van der Waals surface area contributed by atoms with Crippen LogP contribution in [0.3, 0.4) is 0 Å². The van der Waals surface area contributed by atoms with Crippen LogP contribution >= 0.6 is 0 Å². The van der Waals surface area contributed by atoms with E-state index in [-0.39, 0.29) is 5.91 Å². The monoisotopic (exact) mass is 435 g/mol. The Hall–Kier alpha value is -3.94. The van der Waals surface area contributed by atoms with Crippen molar-refractivity contribution < 1.29 is 23.7 Å². The van der Waals surface area contributed by atoms with Crippen LogP contribution in [0, 0.1) is 0 Å². The number of benzene rings is 2. The number of carbonyl (C=O) groups excluding carboxylic acids is 1. The number of anilines is 2. The first-order valence-corrected chi connectivity index (χ1v) is 10.3. The maximum Gasteiger partial charge on any atom is 0.252 e. The third-order valence-electron chi connectivity index (χ3n) is 4.99. The van der Waals surface area contributed by atoms with Crippen molar-refractivity contribution in [3.63, 3.8) is 0 Å². The maximum atomic E-state index is 12.4. The van der Waals surface area contributed by atoms with Crippen molar-refractivity contribution in [1.82, 2.24) is 10.3 Å². The summed E-state index contributed by atoms with van der Waals surface area (Å²) in [7, 11) is 3.20. The molecule has 3 aromatic rings. The second-order valence-electron chi connectivity index (χ2n) is 7.11. The first-order valence-electron chi connectivity index (χ1n) is 10.3. The molecule has 32 heavy (non-hydrogen) atoms. The van der Waals surface area contributed by atoms with Gasteiger partial charge in [0.1, 0.15) is 19.0 Å². The molecule has 1 aromatic heterocycles. The predicted octanol–water partition coefficient (Wildman–Crippen LogP) is 3.59. The SMILES string of the molecule is COc1ccc(CCNC(=O)c2ccc(Nc3ccc4c(c3)OCCO4)nc2)cc1OC. The van der Waals surface area contributed by atoms with E-state index in [0.29, 0.717) is 54.8 Å². The molecule has 8 heteroatoms. The first-order chi connectivity index (χ1) is 15.7. The highest BCUT2D eigenvalue weighted by molar-refractivity contribution is 5.94. The molecular weight excluding hydrogens is 410 g/mol. The number of hydrogen-bond acceptors (Lipinski definition) is 7. The smallest absolute Gasteiger partial charge is 0.252 e. The topological polar surface area (TPSA) is 90.9 Å². The molecule has 0 unspecified atom stereocenters. The average molecular weight is 435 g/mol. The Kier molecular flexibility index (Phi) is 6.60. The van der Waals surface area contributed by atoms with E-state index in [2.05, 4.69) is 15.6 Å². The summed E-state index contributed by atoms with van der Waals surface area (Å²) < 4.78 is 21.7. The quantitative estimate of drug-likeness (QED) is 0.559. The number of ether oxygens (including phenoxy) is 4. The van der Waals surface area contributed by atoms with Crippen molar-refractivity contribution in [2.24, 2.45) is 0 Å². The molecule has 0 radical (unpaired) electrons. The number of methoxy groups -OCH3 is 2. The van der Waals surface area contributed by atoms with E-state index >= 15 is 0 Å². The van der Waals surface area contributed by atoms with Gasteiger partial charge in [-0.1, -0.05) is 6.07 Å². The van der Waals surface area contributed by atoms with Crippen LogP contribution in [-0.2, 0) is 6.42 Å². The lowest BCUT2D eigenvalue weighted by Crippen LogP contribution is -2.25. The molecule has 2 heterocycles. The Labute approximate surface area is 186 Å². The Morgan fingerprint density at radius 1 is 0.969 bits per heavy atom. The van der Waals surface area contributed by atoms with Crippen LogP contribution in [-0.4, -0.2) is 44.9 Å². The zero-order valence-electron chi connectivity index (χ0n) is 18.0. The molecule has 0 aliphatic carbocycles. The molecule has 1 aliphatic rings. The molecule has 1 aliphatic heterocycles. The average Bonchev–Trinajstić information content (AvgIpc) is 2.84. The number of fused-ring (bicyclic) bond motifs is 1. The fourth-order valence-electron chi connectivity index (χ4n) is 3.33. The number of pyridine rings is 1. The van der Waals surface area contributed by atoms with Gasteiger partial charge < -0.3 is 29.6 Å². The molecule has 1 amide bonds. The lowest BCUT2D eigenvalue weighted by atomic mass is 10.1. The maximum absolute atomic E-state index is 12.4. The van der Waals surface area contributed by atoms with Crippen molar-refractivity contribution in [2.45, 2.75) is 6.42 Å². The molecule has 166 valence electrons. The molecule has 0 atom stereocenters. The number of nitrogens with zero attached hydrogens (tertiary/aromatic N) is 1. The van der Waals surface area contributed by atoms with Gasteiger partial charge in [0.05, 0.1) is 19.8 Å². The van der Waals surface area contributed by atoms with Crippen LogP contribution in [0.5, 0.6) is 23.0 Å². The summed E-state index contributed by atoms with van der Waals surface area (Å²) >= 11 is 0. The van der Waals surface area contributed by atoms with Gasteiger partial charge >= 0.3 is 0 Å². The molecule has 0 saturated heterocycles. The van der Waals surface area contributed by atoms with E-state index in [1.54, 1.807) is 32.5 Å². The van der Waals surface area contributed by atoms with E-state index < -0.39 is 0 Å². The van der Waals surface area contributed by atoms with Crippen molar-refractivity contribution in [3.05, 3.63) is 65.9 Å². The summed E-state index contributed by atoms with van der Waals surface area (Å²) in [6.45, 7) is 1.58. The molecule has 2 N–H and O–H groups in total. The molecule has 2 aromatic carbocycles. The summed E-state index contributed by atoms with van der Waals surface area (Å²) in [5.41, 5.74) is 2.36. The van der Waals surface area contributed by atoms with Gasteiger partial charge in [0.15, 0.2) is 23.0 Å². The lowest BCUT2D eigenvalue weighted by Gasteiger charge is -2.19. The van der Waals surface area contributed by atoms with E-state index in [4.69, 9.17) is 18.9 Å². The number of nitrogens with one attached hydrogen (secondary N) is 2. The Morgan fingerprint density at radius 2 is 1.78 bits per heavy atom. The first kappa shape index (κ1) is 21.3. The fraction of sp³-hybridized carbons (Fsp3) is 0.250. The fourth-order valence-corrected chi connectivity index (χ4v) is 3.33. The van der Waals surface area contributed by atoms with Gasteiger partial charge in [0.25, 0.3) is 5.91 Å². The van der Waals surface area contributed by atoms with Crippen molar-refractivity contribution in [1.29, 1.82) is 0 Å². The highest BCUT2D eigenvalue weighted by atomic mass is 16.6. The predicted molar refractivity (Wildman–Crippen MR) is 121 cm³/mol. The van der Waals surface area contributed by atoms with Crippen LogP contribution < -0.4 is 29.6 Å². The van der Waals surface area contributed by atoms with Crippen LogP contribution in [0.2, 0.25) is 0 Å². The van der Waals surface area contributed by atoms with Crippen LogP contribution in [0.4, 0.5) is 11.5 Å². The Morgan fingerprint density at radius 3 is 2.53 bits per heavy atom. The third kappa shape index (κ3) is 5.03. The minimum absolute atomic E-state index is 0.177. The number of hydrogen-bond donors (Lipinski definition) is 2. The van der Waals surface area contributed by atoms with E-state index in [1.165, 1.54) is 0 Å². The van der Waals surface area contributed by atoms with Crippen molar-refractivity contribution >= 4 is 17.4 Å². The molecule has 8 nitrogen and oxygen atoms in total. The summed E-state index contributed by atoms with van der Waals surface area (Å²) in [5.74, 6) is 3.23. The largest absolute Gasteiger partial charge is 0.493 e.